The van der Waals surface area contributed by atoms with Gasteiger partial charge in [0.25, 0.3) is 0 Å². The van der Waals surface area contributed by atoms with E-state index in [1.807, 2.05) is 12.1 Å². The molecule has 2 unspecified atom stereocenters. The molecule has 0 amide bonds. The molecular weight excluding hydrogens is 231 g/mol. The Morgan fingerprint density at radius 1 is 1.27 bits per heavy atom. The van der Waals surface area contributed by atoms with Gasteiger partial charge in [0.2, 0.25) is 0 Å². The van der Waals surface area contributed by atoms with Crippen LogP contribution in [0.1, 0.15) is 24.9 Å². The molecule has 0 bridgehead atoms. The molecule has 0 fully saturated rings. The molecule has 4 heteroatoms. The minimum absolute atomic E-state index is 0.0386. The molecule has 84 valence electrons. The van der Waals surface area contributed by atoms with Crippen LogP contribution >= 0.6 is 23.2 Å². The van der Waals surface area contributed by atoms with Crippen molar-refractivity contribution in [2.24, 2.45) is 17.4 Å². The fourth-order valence-corrected chi connectivity index (χ4v) is 1.80. The van der Waals surface area contributed by atoms with Gasteiger partial charge in [0, 0.05) is 6.04 Å². The first-order valence-corrected chi connectivity index (χ1v) is 5.72. The van der Waals surface area contributed by atoms with Crippen molar-refractivity contribution in [2.75, 3.05) is 6.54 Å². The molecule has 2 atom stereocenters. The molecule has 4 N–H and O–H groups in total. The van der Waals surface area contributed by atoms with Gasteiger partial charge in [-0.15, -0.1) is 0 Å². The van der Waals surface area contributed by atoms with E-state index < -0.39 is 0 Å². The summed E-state index contributed by atoms with van der Waals surface area (Å²) in [6, 6.07) is 5.46. The number of benzene rings is 1. The summed E-state index contributed by atoms with van der Waals surface area (Å²) in [7, 11) is 0. The normalized spacial score (nSPS) is 15.0. The molecule has 2 nitrogen and oxygen atoms in total. The molecule has 1 aromatic carbocycles. The molecule has 15 heavy (non-hydrogen) atoms. The maximum Gasteiger partial charge on any atom is 0.0595 e. The predicted octanol–water partition coefficient (Wildman–Crippen LogP) is 2.98. The zero-order valence-corrected chi connectivity index (χ0v) is 10.2. The Morgan fingerprint density at radius 2 is 1.93 bits per heavy atom. The summed E-state index contributed by atoms with van der Waals surface area (Å²) in [5.74, 6) is 0.340. The van der Waals surface area contributed by atoms with Crippen molar-refractivity contribution in [2.45, 2.75) is 19.4 Å². The lowest BCUT2D eigenvalue weighted by Gasteiger charge is -2.19. The van der Waals surface area contributed by atoms with Gasteiger partial charge in [-0.2, -0.15) is 0 Å². The Kier molecular flexibility index (Phi) is 4.87. The van der Waals surface area contributed by atoms with E-state index >= 15 is 0 Å². The first-order valence-electron chi connectivity index (χ1n) is 4.97. The van der Waals surface area contributed by atoms with Crippen molar-refractivity contribution in [1.82, 2.24) is 0 Å². The molecule has 1 aromatic rings. The maximum atomic E-state index is 6.09. The summed E-state index contributed by atoms with van der Waals surface area (Å²) >= 11 is 11.8. The van der Waals surface area contributed by atoms with Crippen molar-refractivity contribution >= 4 is 23.2 Å². The van der Waals surface area contributed by atoms with E-state index in [1.54, 1.807) is 6.07 Å². The van der Waals surface area contributed by atoms with Crippen molar-refractivity contribution in [3.05, 3.63) is 33.8 Å². The van der Waals surface area contributed by atoms with E-state index in [0.29, 0.717) is 22.5 Å². The lowest BCUT2D eigenvalue weighted by atomic mass is 9.93. The number of nitrogens with two attached hydrogens (primary N) is 2. The van der Waals surface area contributed by atoms with Gasteiger partial charge in [0.15, 0.2) is 0 Å². The highest BCUT2D eigenvalue weighted by atomic mass is 35.5. The van der Waals surface area contributed by atoms with E-state index in [0.717, 1.165) is 12.0 Å². The van der Waals surface area contributed by atoms with Gasteiger partial charge in [-0.1, -0.05) is 36.2 Å². The van der Waals surface area contributed by atoms with Crippen molar-refractivity contribution < 1.29 is 0 Å². The number of hydrogen-bond donors (Lipinski definition) is 2. The van der Waals surface area contributed by atoms with E-state index in [-0.39, 0.29) is 6.04 Å². The molecule has 0 aliphatic rings. The van der Waals surface area contributed by atoms with Gasteiger partial charge >= 0.3 is 0 Å². The van der Waals surface area contributed by atoms with Crippen molar-refractivity contribution in [1.29, 1.82) is 0 Å². The third kappa shape index (κ3) is 3.35. The van der Waals surface area contributed by atoms with Gasteiger partial charge in [-0.3, -0.25) is 0 Å². The van der Waals surface area contributed by atoms with Crippen LogP contribution < -0.4 is 11.5 Å². The maximum absolute atomic E-state index is 6.09. The summed E-state index contributed by atoms with van der Waals surface area (Å²) in [5.41, 5.74) is 12.6. The second-order valence-corrected chi connectivity index (χ2v) is 4.57. The Balaban J connectivity index is 2.81. The Bertz CT molecular complexity index is 328. The largest absolute Gasteiger partial charge is 0.330 e. The van der Waals surface area contributed by atoms with Gasteiger partial charge < -0.3 is 11.5 Å². The second kappa shape index (κ2) is 5.71. The lowest BCUT2D eigenvalue weighted by molar-refractivity contribution is 0.444. The quantitative estimate of drug-likeness (QED) is 0.859. The minimum atomic E-state index is -0.0386. The van der Waals surface area contributed by atoms with E-state index in [2.05, 4.69) is 6.92 Å². The zero-order valence-electron chi connectivity index (χ0n) is 8.71. The third-order valence-electron chi connectivity index (χ3n) is 2.56. The average molecular weight is 247 g/mol. The Morgan fingerprint density at radius 3 is 2.47 bits per heavy atom. The fraction of sp³-hybridized carbons (Fsp3) is 0.455. The minimum Gasteiger partial charge on any atom is -0.330 e. The molecule has 0 radical (unpaired) electrons. The standard InChI is InChI=1S/C11H16Cl2N2/c1-7(4-5-14)11(15)8-2-3-9(12)10(13)6-8/h2-3,6-7,11H,4-5,14-15H2,1H3. The highest BCUT2D eigenvalue weighted by Crippen LogP contribution is 2.28. The predicted molar refractivity (Wildman–Crippen MR) is 66.2 cm³/mol. The highest BCUT2D eigenvalue weighted by molar-refractivity contribution is 6.42. The van der Waals surface area contributed by atoms with Gasteiger partial charge in [0.05, 0.1) is 10.0 Å². The third-order valence-corrected chi connectivity index (χ3v) is 3.30. The van der Waals surface area contributed by atoms with Gasteiger partial charge in [-0.25, -0.2) is 0 Å². The van der Waals surface area contributed by atoms with Crippen molar-refractivity contribution in [3.63, 3.8) is 0 Å². The Hall–Kier alpha value is -0.280. The summed E-state index contributed by atoms with van der Waals surface area (Å²) in [6.45, 7) is 2.73. The second-order valence-electron chi connectivity index (χ2n) is 3.75. The molecule has 0 spiro atoms. The van der Waals surface area contributed by atoms with Crippen LogP contribution in [0.25, 0.3) is 0 Å². The topological polar surface area (TPSA) is 52.0 Å². The molecular formula is C11H16Cl2N2. The first-order chi connectivity index (χ1) is 7.06. The number of rotatable bonds is 4. The van der Waals surface area contributed by atoms with Crippen LogP contribution in [0, 0.1) is 5.92 Å². The van der Waals surface area contributed by atoms with Crippen molar-refractivity contribution in [3.8, 4) is 0 Å². The monoisotopic (exact) mass is 246 g/mol. The summed E-state index contributed by atoms with van der Waals surface area (Å²) in [5, 5.41) is 1.10. The molecule has 1 rings (SSSR count). The van der Waals surface area contributed by atoms with E-state index in [9.17, 15) is 0 Å². The van der Waals surface area contributed by atoms with E-state index in [1.165, 1.54) is 0 Å². The first kappa shape index (κ1) is 12.8. The molecule has 0 aromatic heterocycles. The van der Waals surface area contributed by atoms with Crippen LogP contribution in [0.5, 0.6) is 0 Å². The summed E-state index contributed by atoms with van der Waals surface area (Å²) in [4.78, 5) is 0. The van der Waals surface area contributed by atoms with Crippen LogP contribution in [-0.4, -0.2) is 6.54 Å². The van der Waals surface area contributed by atoms with Gasteiger partial charge in [-0.05, 0) is 36.6 Å². The van der Waals surface area contributed by atoms with Crippen LogP contribution in [0.3, 0.4) is 0 Å². The smallest absolute Gasteiger partial charge is 0.0595 e. The Labute approximate surface area is 101 Å². The highest BCUT2D eigenvalue weighted by Gasteiger charge is 2.14. The summed E-state index contributed by atoms with van der Waals surface area (Å²) in [6.07, 6.45) is 0.904. The average Bonchev–Trinajstić information content (AvgIpc) is 2.21. The molecule has 0 aliphatic heterocycles. The SMILES string of the molecule is CC(CCN)C(N)c1ccc(Cl)c(Cl)c1. The summed E-state index contributed by atoms with van der Waals surface area (Å²) < 4.78 is 0. The molecule has 0 saturated carbocycles. The zero-order chi connectivity index (χ0) is 11.4. The van der Waals surface area contributed by atoms with Crippen LogP contribution in [0.4, 0.5) is 0 Å². The molecule has 0 saturated heterocycles. The molecule has 0 aliphatic carbocycles. The van der Waals surface area contributed by atoms with Gasteiger partial charge in [0.1, 0.15) is 0 Å². The lowest BCUT2D eigenvalue weighted by Crippen LogP contribution is -2.21. The fourth-order valence-electron chi connectivity index (χ4n) is 1.49. The van der Waals surface area contributed by atoms with E-state index in [4.69, 9.17) is 34.7 Å². The number of hydrogen-bond acceptors (Lipinski definition) is 2. The van der Waals surface area contributed by atoms with Crippen LogP contribution in [0.2, 0.25) is 10.0 Å². The molecule has 0 heterocycles. The number of halogens is 2. The van der Waals surface area contributed by atoms with Crippen LogP contribution in [-0.2, 0) is 0 Å². The van der Waals surface area contributed by atoms with Crippen LogP contribution in [0.15, 0.2) is 18.2 Å².